The van der Waals surface area contributed by atoms with E-state index >= 15 is 0 Å². The zero-order valence-corrected chi connectivity index (χ0v) is 15.2. The average molecular weight is 378 g/mol. The van der Waals surface area contributed by atoms with Crippen LogP contribution in [0.15, 0.2) is 42.5 Å². The fourth-order valence-corrected chi connectivity index (χ4v) is 2.47. The summed E-state index contributed by atoms with van der Waals surface area (Å²) in [5.41, 5.74) is 1.63. The summed E-state index contributed by atoms with van der Waals surface area (Å²) in [6.07, 6.45) is 0. The third-order valence-electron chi connectivity index (χ3n) is 3.84. The van der Waals surface area contributed by atoms with Gasteiger partial charge < -0.3 is 19.7 Å². The third-order valence-corrected chi connectivity index (χ3v) is 3.84. The van der Waals surface area contributed by atoms with Crippen LogP contribution >= 0.6 is 0 Å². The Bertz CT molecular complexity index is 810. The van der Waals surface area contributed by atoms with Crippen LogP contribution in [-0.2, 0) is 6.54 Å². The molecule has 0 spiro atoms. The van der Waals surface area contributed by atoms with E-state index in [1.165, 1.54) is 30.2 Å². The second-order valence-corrected chi connectivity index (χ2v) is 5.68. The van der Waals surface area contributed by atoms with Crippen LogP contribution in [0.1, 0.15) is 26.3 Å². The summed E-state index contributed by atoms with van der Waals surface area (Å²) in [6, 6.07) is 10.9. The zero-order chi connectivity index (χ0) is 20.0. The number of hydrogen-bond donors (Lipinski definition) is 1. The fraction of sp³-hybridized carbons (Fsp3) is 0.263. The van der Waals surface area contributed by atoms with Crippen LogP contribution in [0.4, 0.5) is 8.78 Å². The standard InChI is InChI=1S/C19H20F2N2O4/c1-22-17(24)13-6-4-12(5-7-13)11-23(2)18(25)14-8-9-15(27-19(20)21)16(10-14)26-3/h4-10,19H,11H2,1-3H3,(H,22,24). The first-order valence-electron chi connectivity index (χ1n) is 8.05. The first-order valence-corrected chi connectivity index (χ1v) is 8.05. The summed E-state index contributed by atoms with van der Waals surface area (Å²) < 4.78 is 34.1. The van der Waals surface area contributed by atoms with Gasteiger partial charge in [0.15, 0.2) is 11.5 Å². The fourth-order valence-electron chi connectivity index (χ4n) is 2.47. The molecule has 0 bridgehead atoms. The maximum atomic E-state index is 12.6. The largest absolute Gasteiger partial charge is 0.493 e. The van der Waals surface area contributed by atoms with Gasteiger partial charge in [0.25, 0.3) is 11.8 Å². The number of benzene rings is 2. The van der Waals surface area contributed by atoms with Gasteiger partial charge in [-0.15, -0.1) is 0 Å². The van der Waals surface area contributed by atoms with Crippen molar-refractivity contribution in [3.05, 3.63) is 59.2 Å². The Labute approximate surface area is 155 Å². The van der Waals surface area contributed by atoms with Gasteiger partial charge in [0.1, 0.15) is 0 Å². The second-order valence-electron chi connectivity index (χ2n) is 5.68. The number of halogens is 2. The molecule has 0 aliphatic heterocycles. The van der Waals surface area contributed by atoms with Gasteiger partial charge >= 0.3 is 6.61 Å². The summed E-state index contributed by atoms with van der Waals surface area (Å²) in [7, 11) is 4.47. The van der Waals surface area contributed by atoms with Gasteiger partial charge in [-0.25, -0.2) is 0 Å². The molecule has 0 heterocycles. The summed E-state index contributed by atoms with van der Waals surface area (Å²) >= 11 is 0. The minimum atomic E-state index is -2.99. The predicted molar refractivity (Wildman–Crippen MR) is 95.3 cm³/mol. The molecule has 27 heavy (non-hydrogen) atoms. The van der Waals surface area contributed by atoms with Gasteiger partial charge in [-0.2, -0.15) is 8.78 Å². The number of carbonyl (C=O) groups is 2. The minimum absolute atomic E-state index is 0.0458. The molecule has 0 aromatic heterocycles. The molecule has 8 heteroatoms. The first kappa shape index (κ1) is 20.2. The van der Waals surface area contributed by atoms with Crippen LogP contribution in [0, 0.1) is 0 Å². The molecule has 0 fully saturated rings. The average Bonchev–Trinajstić information content (AvgIpc) is 2.67. The van der Waals surface area contributed by atoms with Crippen molar-refractivity contribution >= 4 is 11.8 Å². The van der Waals surface area contributed by atoms with Crippen molar-refractivity contribution < 1.29 is 27.8 Å². The third kappa shape index (κ3) is 5.16. The van der Waals surface area contributed by atoms with Crippen molar-refractivity contribution in [3.8, 4) is 11.5 Å². The first-order chi connectivity index (χ1) is 12.8. The number of nitrogens with zero attached hydrogens (tertiary/aromatic N) is 1. The normalized spacial score (nSPS) is 10.4. The summed E-state index contributed by atoms with van der Waals surface area (Å²) in [5.74, 6) is -0.600. The van der Waals surface area contributed by atoms with Gasteiger partial charge in [0.2, 0.25) is 0 Å². The van der Waals surface area contributed by atoms with E-state index < -0.39 is 6.61 Å². The van der Waals surface area contributed by atoms with Crippen LogP contribution < -0.4 is 14.8 Å². The zero-order valence-electron chi connectivity index (χ0n) is 15.2. The maximum absolute atomic E-state index is 12.6. The highest BCUT2D eigenvalue weighted by Crippen LogP contribution is 2.30. The molecule has 2 amide bonds. The molecule has 2 aromatic rings. The van der Waals surface area contributed by atoms with E-state index in [0.717, 1.165) is 5.56 Å². The number of rotatable bonds is 7. The van der Waals surface area contributed by atoms with Gasteiger partial charge in [-0.05, 0) is 35.9 Å². The van der Waals surface area contributed by atoms with Crippen molar-refractivity contribution in [2.24, 2.45) is 0 Å². The van der Waals surface area contributed by atoms with Crippen molar-refractivity contribution in [2.45, 2.75) is 13.2 Å². The summed E-state index contributed by atoms with van der Waals surface area (Å²) in [4.78, 5) is 25.6. The van der Waals surface area contributed by atoms with Gasteiger partial charge in [-0.3, -0.25) is 9.59 Å². The van der Waals surface area contributed by atoms with E-state index in [9.17, 15) is 18.4 Å². The molecule has 0 saturated heterocycles. The van der Waals surface area contributed by atoms with E-state index in [2.05, 4.69) is 10.1 Å². The molecule has 0 aliphatic carbocycles. The number of hydrogen-bond acceptors (Lipinski definition) is 4. The molecule has 6 nitrogen and oxygen atoms in total. The Kier molecular flexibility index (Phi) is 6.70. The SMILES string of the molecule is CNC(=O)c1ccc(CN(C)C(=O)c2ccc(OC(F)F)c(OC)c2)cc1. The molecular formula is C19H20F2N2O4. The highest BCUT2D eigenvalue weighted by molar-refractivity contribution is 5.95. The van der Waals surface area contributed by atoms with E-state index in [4.69, 9.17) is 4.74 Å². The molecule has 2 rings (SSSR count). The van der Waals surface area contributed by atoms with Crippen LogP contribution in [0.3, 0.4) is 0 Å². The van der Waals surface area contributed by atoms with E-state index in [-0.39, 0.29) is 28.9 Å². The van der Waals surface area contributed by atoms with E-state index in [1.807, 2.05) is 0 Å². The number of ether oxygens (including phenoxy) is 2. The molecule has 0 atom stereocenters. The summed E-state index contributed by atoms with van der Waals surface area (Å²) in [6.45, 7) is -2.68. The highest BCUT2D eigenvalue weighted by atomic mass is 19.3. The quantitative estimate of drug-likeness (QED) is 0.805. The topological polar surface area (TPSA) is 67.9 Å². The Morgan fingerprint density at radius 3 is 2.26 bits per heavy atom. The molecule has 144 valence electrons. The molecule has 1 N–H and O–H groups in total. The van der Waals surface area contributed by atoms with Crippen LogP contribution in [0.5, 0.6) is 11.5 Å². The van der Waals surface area contributed by atoms with Crippen LogP contribution in [0.2, 0.25) is 0 Å². The van der Waals surface area contributed by atoms with Crippen LogP contribution in [-0.4, -0.2) is 44.5 Å². The lowest BCUT2D eigenvalue weighted by atomic mass is 10.1. The Morgan fingerprint density at radius 2 is 1.70 bits per heavy atom. The Morgan fingerprint density at radius 1 is 1.07 bits per heavy atom. The number of nitrogens with one attached hydrogen (secondary N) is 1. The smallest absolute Gasteiger partial charge is 0.387 e. The number of methoxy groups -OCH3 is 1. The highest BCUT2D eigenvalue weighted by Gasteiger charge is 2.17. The lowest BCUT2D eigenvalue weighted by Crippen LogP contribution is -2.26. The lowest BCUT2D eigenvalue weighted by molar-refractivity contribution is -0.0512. The molecule has 0 aliphatic rings. The van der Waals surface area contributed by atoms with E-state index in [1.54, 1.807) is 38.4 Å². The lowest BCUT2D eigenvalue weighted by Gasteiger charge is -2.18. The molecule has 0 saturated carbocycles. The van der Waals surface area contributed by atoms with Gasteiger partial charge in [0, 0.05) is 31.8 Å². The van der Waals surface area contributed by atoms with Crippen molar-refractivity contribution in [1.29, 1.82) is 0 Å². The van der Waals surface area contributed by atoms with Crippen molar-refractivity contribution in [1.82, 2.24) is 10.2 Å². The summed E-state index contributed by atoms with van der Waals surface area (Å²) in [5, 5.41) is 2.54. The number of amides is 2. The minimum Gasteiger partial charge on any atom is -0.493 e. The molecular weight excluding hydrogens is 358 g/mol. The Balaban J connectivity index is 2.11. The van der Waals surface area contributed by atoms with Crippen LogP contribution in [0.25, 0.3) is 0 Å². The maximum Gasteiger partial charge on any atom is 0.387 e. The number of carbonyl (C=O) groups excluding carboxylic acids is 2. The van der Waals surface area contributed by atoms with Gasteiger partial charge in [-0.1, -0.05) is 12.1 Å². The molecule has 0 radical (unpaired) electrons. The van der Waals surface area contributed by atoms with Gasteiger partial charge in [0.05, 0.1) is 7.11 Å². The Hall–Kier alpha value is -3.16. The van der Waals surface area contributed by atoms with Crippen molar-refractivity contribution in [3.63, 3.8) is 0 Å². The van der Waals surface area contributed by atoms with E-state index in [0.29, 0.717) is 12.1 Å². The molecule has 2 aromatic carbocycles. The monoisotopic (exact) mass is 378 g/mol. The number of alkyl halides is 2. The predicted octanol–water partition coefficient (Wildman–Crippen LogP) is 2.93. The van der Waals surface area contributed by atoms with Crippen molar-refractivity contribution in [2.75, 3.05) is 21.2 Å². The molecule has 0 unspecified atom stereocenters. The second kappa shape index (κ2) is 8.98.